The number of benzene rings is 1. The molecule has 1 aliphatic carbocycles. The highest BCUT2D eigenvalue weighted by atomic mass is 32.2. The second-order valence-corrected chi connectivity index (χ2v) is 7.31. The molecule has 5 nitrogen and oxygen atoms in total. The Hall–Kier alpha value is -1.82. The summed E-state index contributed by atoms with van der Waals surface area (Å²) in [5, 5.41) is 9.29. The Morgan fingerprint density at radius 1 is 1.30 bits per heavy atom. The van der Waals surface area contributed by atoms with Crippen molar-refractivity contribution in [2.75, 3.05) is 10.7 Å². The second kappa shape index (κ2) is 5.67. The number of fused-ring (bicyclic) bond motifs is 1. The van der Waals surface area contributed by atoms with E-state index in [9.17, 15) is 4.79 Å². The van der Waals surface area contributed by atoms with Crippen LogP contribution in [0.2, 0.25) is 0 Å². The van der Waals surface area contributed by atoms with Crippen molar-refractivity contribution < 1.29 is 4.79 Å². The Morgan fingerprint density at radius 2 is 2.09 bits per heavy atom. The van der Waals surface area contributed by atoms with E-state index in [-0.39, 0.29) is 11.9 Å². The summed E-state index contributed by atoms with van der Waals surface area (Å²) in [6, 6.07) is 8.95. The summed E-state index contributed by atoms with van der Waals surface area (Å²) < 4.78 is 2.18. The Labute approximate surface area is 140 Å². The van der Waals surface area contributed by atoms with E-state index < -0.39 is 0 Å². The molecule has 1 saturated carbocycles. The van der Waals surface area contributed by atoms with Gasteiger partial charge in [-0.2, -0.15) is 0 Å². The predicted molar refractivity (Wildman–Crippen MR) is 90.8 cm³/mol. The Bertz CT molecular complexity index is 753. The third kappa shape index (κ3) is 2.65. The van der Waals surface area contributed by atoms with Gasteiger partial charge < -0.3 is 9.47 Å². The van der Waals surface area contributed by atoms with E-state index in [4.69, 9.17) is 0 Å². The van der Waals surface area contributed by atoms with Crippen molar-refractivity contribution in [2.24, 2.45) is 0 Å². The molecular weight excluding hydrogens is 308 g/mol. The van der Waals surface area contributed by atoms with Gasteiger partial charge in [0.15, 0.2) is 5.16 Å². The van der Waals surface area contributed by atoms with Crippen LogP contribution in [0.15, 0.2) is 29.4 Å². The molecule has 4 rings (SSSR count). The number of hydrogen-bond donors (Lipinski definition) is 0. The maximum Gasteiger partial charge on any atom is 0.237 e. The quantitative estimate of drug-likeness (QED) is 0.810. The van der Waals surface area contributed by atoms with Crippen molar-refractivity contribution in [3.63, 3.8) is 0 Å². The topological polar surface area (TPSA) is 51.0 Å². The lowest BCUT2D eigenvalue weighted by molar-refractivity contribution is -0.116. The number of aryl methyl sites for hydroxylation is 1. The standard InChI is InChI=1S/C17H20N4OS/c1-11-9-13-5-3-4-6-15(13)20(11)16(22)10-23-17-19-18-12(2)21(17)14-7-8-14/h3-6,11,14H,7-10H2,1-2H3/t11-/m0/s1. The maximum absolute atomic E-state index is 12.7. The summed E-state index contributed by atoms with van der Waals surface area (Å²) in [6.07, 6.45) is 3.32. The zero-order valence-electron chi connectivity index (χ0n) is 13.4. The average Bonchev–Trinajstić information content (AvgIpc) is 3.21. The lowest BCUT2D eigenvalue weighted by Gasteiger charge is -2.22. The van der Waals surface area contributed by atoms with Gasteiger partial charge in [0, 0.05) is 17.8 Å². The van der Waals surface area contributed by atoms with Crippen LogP contribution in [0.25, 0.3) is 0 Å². The molecule has 0 saturated heterocycles. The number of amides is 1. The number of anilines is 1. The highest BCUT2D eigenvalue weighted by Gasteiger charge is 2.32. The zero-order valence-corrected chi connectivity index (χ0v) is 14.2. The molecule has 2 aromatic rings. The van der Waals surface area contributed by atoms with Crippen molar-refractivity contribution in [3.05, 3.63) is 35.7 Å². The first-order chi connectivity index (χ1) is 11.1. The molecule has 0 unspecified atom stereocenters. The van der Waals surface area contributed by atoms with E-state index in [0.29, 0.717) is 11.8 Å². The van der Waals surface area contributed by atoms with Gasteiger partial charge in [-0.3, -0.25) is 4.79 Å². The molecule has 0 N–H and O–H groups in total. The number of nitrogens with zero attached hydrogens (tertiary/aromatic N) is 4. The van der Waals surface area contributed by atoms with Crippen LogP contribution in [0.5, 0.6) is 0 Å². The lowest BCUT2D eigenvalue weighted by atomic mass is 10.1. The molecule has 1 amide bonds. The third-order valence-corrected chi connectivity index (χ3v) is 5.48. The van der Waals surface area contributed by atoms with Crippen LogP contribution >= 0.6 is 11.8 Å². The zero-order chi connectivity index (χ0) is 16.0. The smallest absolute Gasteiger partial charge is 0.237 e. The van der Waals surface area contributed by atoms with Gasteiger partial charge in [-0.1, -0.05) is 30.0 Å². The van der Waals surface area contributed by atoms with Gasteiger partial charge in [0.2, 0.25) is 5.91 Å². The summed E-state index contributed by atoms with van der Waals surface area (Å²) in [5.74, 6) is 1.50. The van der Waals surface area contributed by atoms with Gasteiger partial charge in [0.25, 0.3) is 0 Å². The number of thioether (sulfide) groups is 1. The molecule has 0 radical (unpaired) electrons. The van der Waals surface area contributed by atoms with Gasteiger partial charge in [-0.25, -0.2) is 0 Å². The molecule has 0 spiro atoms. The normalized spacial score (nSPS) is 19.9. The number of hydrogen-bond acceptors (Lipinski definition) is 4. The minimum Gasteiger partial charge on any atom is -0.308 e. The van der Waals surface area contributed by atoms with Crippen LogP contribution < -0.4 is 4.90 Å². The summed E-state index contributed by atoms with van der Waals surface area (Å²) in [7, 11) is 0. The molecule has 1 aliphatic heterocycles. The number of rotatable bonds is 4. The maximum atomic E-state index is 12.7. The summed E-state index contributed by atoms with van der Waals surface area (Å²) in [4.78, 5) is 14.7. The van der Waals surface area contributed by atoms with Crippen LogP contribution in [0.4, 0.5) is 5.69 Å². The first-order valence-corrected chi connectivity index (χ1v) is 9.08. The Morgan fingerprint density at radius 3 is 2.87 bits per heavy atom. The van der Waals surface area contributed by atoms with Crippen molar-refractivity contribution in [1.82, 2.24) is 14.8 Å². The summed E-state index contributed by atoms with van der Waals surface area (Å²) >= 11 is 1.51. The lowest BCUT2D eigenvalue weighted by Crippen LogP contribution is -2.37. The van der Waals surface area contributed by atoms with E-state index in [1.54, 1.807) is 0 Å². The van der Waals surface area contributed by atoms with E-state index in [0.717, 1.165) is 23.1 Å². The van der Waals surface area contributed by atoms with Gasteiger partial charge >= 0.3 is 0 Å². The second-order valence-electron chi connectivity index (χ2n) is 6.37. The Balaban J connectivity index is 1.49. The number of carbonyl (C=O) groups excluding carboxylic acids is 1. The minimum atomic E-state index is 0.149. The average molecular weight is 328 g/mol. The van der Waals surface area contributed by atoms with Crippen LogP contribution in [0, 0.1) is 6.92 Å². The van der Waals surface area contributed by atoms with E-state index in [1.165, 1.54) is 30.2 Å². The molecular formula is C17H20N4OS. The third-order valence-electron chi connectivity index (χ3n) is 4.55. The molecule has 1 fully saturated rings. The minimum absolute atomic E-state index is 0.149. The van der Waals surface area contributed by atoms with Crippen molar-refractivity contribution in [3.8, 4) is 0 Å². The van der Waals surface area contributed by atoms with Gasteiger partial charge in [0.1, 0.15) is 5.82 Å². The molecule has 1 atom stereocenters. The highest BCUT2D eigenvalue weighted by Crippen LogP contribution is 2.39. The predicted octanol–water partition coefficient (Wildman–Crippen LogP) is 2.99. The molecule has 1 aromatic carbocycles. The van der Waals surface area contributed by atoms with Crippen molar-refractivity contribution in [2.45, 2.75) is 50.4 Å². The fourth-order valence-electron chi connectivity index (χ4n) is 3.34. The van der Waals surface area contributed by atoms with Gasteiger partial charge in [-0.05, 0) is 44.7 Å². The van der Waals surface area contributed by atoms with Crippen molar-refractivity contribution in [1.29, 1.82) is 0 Å². The fourth-order valence-corrected chi connectivity index (χ4v) is 4.25. The molecule has 6 heteroatoms. The van der Waals surface area contributed by atoms with Gasteiger partial charge in [0.05, 0.1) is 5.75 Å². The number of para-hydroxylation sites is 1. The first kappa shape index (κ1) is 14.8. The van der Waals surface area contributed by atoms with Crippen LogP contribution in [0.1, 0.15) is 37.2 Å². The fraction of sp³-hybridized carbons (Fsp3) is 0.471. The van der Waals surface area contributed by atoms with E-state index in [2.05, 4.69) is 27.8 Å². The number of carbonyl (C=O) groups is 1. The summed E-state index contributed by atoms with van der Waals surface area (Å²) in [5.41, 5.74) is 2.32. The molecule has 0 bridgehead atoms. The monoisotopic (exact) mass is 328 g/mol. The largest absolute Gasteiger partial charge is 0.308 e. The SMILES string of the molecule is Cc1nnc(SCC(=O)N2c3ccccc3C[C@@H]2C)n1C1CC1. The van der Waals surface area contributed by atoms with Crippen molar-refractivity contribution >= 4 is 23.4 Å². The molecule has 23 heavy (non-hydrogen) atoms. The van der Waals surface area contributed by atoms with E-state index in [1.807, 2.05) is 30.0 Å². The summed E-state index contributed by atoms with van der Waals surface area (Å²) in [6.45, 7) is 4.09. The van der Waals surface area contributed by atoms with Crippen LogP contribution in [0.3, 0.4) is 0 Å². The Kier molecular flexibility index (Phi) is 3.64. The molecule has 2 aliphatic rings. The first-order valence-electron chi connectivity index (χ1n) is 8.09. The van der Waals surface area contributed by atoms with Crippen LogP contribution in [-0.2, 0) is 11.2 Å². The number of aromatic nitrogens is 3. The molecule has 120 valence electrons. The molecule has 1 aromatic heterocycles. The highest BCUT2D eigenvalue weighted by molar-refractivity contribution is 7.99. The molecule has 2 heterocycles. The van der Waals surface area contributed by atoms with E-state index >= 15 is 0 Å². The van der Waals surface area contributed by atoms with Crippen LogP contribution in [-0.4, -0.2) is 32.5 Å². The van der Waals surface area contributed by atoms with Gasteiger partial charge in [-0.15, -0.1) is 10.2 Å².